The Bertz CT molecular complexity index is 589. The number of carbonyl (C=O) groups excluding carboxylic acids is 2. The average molecular weight is 290 g/mol. The van der Waals surface area contributed by atoms with E-state index < -0.39 is 35.5 Å². The summed E-state index contributed by atoms with van der Waals surface area (Å²) in [5.74, 6) is -2.41. The van der Waals surface area contributed by atoms with Crippen LogP contribution in [-0.2, 0) is 23.9 Å². The molecule has 6 nitrogen and oxygen atoms in total. The van der Waals surface area contributed by atoms with Crippen molar-refractivity contribution in [2.45, 2.75) is 31.5 Å². The van der Waals surface area contributed by atoms with Crippen molar-refractivity contribution in [3.8, 4) is 0 Å². The molecule has 0 aromatic heterocycles. The first kappa shape index (κ1) is 13.6. The van der Waals surface area contributed by atoms with Gasteiger partial charge in [-0.2, -0.15) is 0 Å². The smallest absolute Gasteiger partial charge is 0.323 e. The molecule has 2 atom stereocenters. The predicted octanol–water partition coefficient (Wildman–Crippen LogP) is 1.45. The molecule has 0 amide bonds. The number of rotatable bonds is 4. The van der Waals surface area contributed by atoms with Crippen LogP contribution in [0.2, 0.25) is 0 Å². The third kappa shape index (κ3) is 2.37. The maximum absolute atomic E-state index is 12.0. The normalized spacial score (nSPS) is 26.0. The Kier molecular flexibility index (Phi) is 3.16. The summed E-state index contributed by atoms with van der Waals surface area (Å²) in [6, 6.07) is 8.95. The SMILES string of the molecule is O=C1C[C@H](OC(=O)C2(C(=O)O)CC2)[C@@H](c2ccccc2)O1. The first-order chi connectivity index (χ1) is 10.0. The van der Waals surface area contributed by atoms with Crippen molar-refractivity contribution in [2.24, 2.45) is 5.41 Å². The van der Waals surface area contributed by atoms with Gasteiger partial charge < -0.3 is 14.6 Å². The molecule has 1 aliphatic carbocycles. The van der Waals surface area contributed by atoms with Crippen LogP contribution in [0.25, 0.3) is 0 Å². The van der Waals surface area contributed by atoms with Crippen molar-refractivity contribution in [3.05, 3.63) is 35.9 Å². The zero-order valence-corrected chi connectivity index (χ0v) is 11.2. The molecular weight excluding hydrogens is 276 g/mol. The minimum atomic E-state index is -1.42. The number of esters is 2. The zero-order chi connectivity index (χ0) is 15.0. The van der Waals surface area contributed by atoms with E-state index in [2.05, 4.69) is 0 Å². The third-order valence-electron chi connectivity index (χ3n) is 3.90. The summed E-state index contributed by atoms with van der Waals surface area (Å²) < 4.78 is 10.5. The van der Waals surface area contributed by atoms with Gasteiger partial charge in [-0.25, -0.2) is 0 Å². The van der Waals surface area contributed by atoms with Gasteiger partial charge in [0.05, 0.1) is 6.42 Å². The van der Waals surface area contributed by atoms with E-state index in [1.165, 1.54) is 0 Å². The minimum absolute atomic E-state index is 0.0546. The van der Waals surface area contributed by atoms with Crippen molar-refractivity contribution in [3.63, 3.8) is 0 Å². The van der Waals surface area contributed by atoms with Gasteiger partial charge in [0.15, 0.2) is 17.6 Å². The molecule has 1 N–H and O–H groups in total. The van der Waals surface area contributed by atoms with Gasteiger partial charge >= 0.3 is 17.9 Å². The highest BCUT2D eigenvalue weighted by Gasteiger charge is 2.59. The van der Waals surface area contributed by atoms with Gasteiger partial charge in [0.2, 0.25) is 0 Å². The van der Waals surface area contributed by atoms with Crippen molar-refractivity contribution in [1.82, 2.24) is 0 Å². The quantitative estimate of drug-likeness (QED) is 0.667. The number of carboxylic acids is 1. The van der Waals surface area contributed by atoms with E-state index in [0.29, 0.717) is 0 Å². The number of aliphatic carboxylic acids is 1. The summed E-state index contributed by atoms with van der Waals surface area (Å²) in [5, 5.41) is 9.08. The summed E-state index contributed by atoms with van der Waals surface area (Å²) in [4.78, 5) is 34.6. The molecule has 1 saturated carbocycles. The van der Waals surface area contributed by atoms with E-state index >= 15 is 0 Å². The maximum atomic E-state index is 12.0. The van der Waals surface area contributed by atoms with Crippen LogP contribution in [-0.4, -0.2) is 29.1 Å². The molecule has 6 heteroatoms. The molecule has 1 aromatic carbocycles. The highest BCUT2D eigenvalue weighted by Crippen LogP contribution is 2.48. The lowest BCUT2D eigenvalue weighted by Gasteiger charge is -2.20. The van der Waals surface area contributed by atoms with Gasteiger partial charge in [0.25, 0.3) is 0 Å². The Hall–Kier alpha value is -2.37. The fraction of sp³-hybridized carbons (Fsp3) is 0.400. The van der Waals surface area contributed by atoms with Crippen LogP contribution in [0.1, 0.15) is 30.9 Å². The highest BCUT2D eigenvalue weighted by atomic mass is 16.6. The molecule has 0 radical (unpaired) electrons. The zero-order valence-electron chi connectivity index (χ0n) is 11.2. The molecule has 2 aliphatic rings. The van der Waals surface area contributed by atoms with E-state index in [-0.39, 0.29) is 19.3 Å². The topological polar surface area (TPSA) is 89.9 Å². The van der Waals surface area contributed by atoms with E-state index in [1.807, 2.05) is 6.07 Å². The molecular formula is C15H14O6. The van der Waals surface area contributed by atoms with E-state index in [0.717, 1.165) is 5.56 Å². The lowest BCUT2D eigenvalue weighted by Crippen LogP contribution is -2.32. The second-order valence-corrected chi connectivity index (χ2v) is 5.36. The van der Waals surface area contributed by atoms with Crippen LogP contribution in [0.4, 0.5) is 0 Å². The van der Waals surface area contributed by atoms with Gasteiger partial charge in [-0.3, -0.25) is 14.4 Å². The Labute approximate surface area is 120 Å². The number of carboxylic acid groups (broad SMARTS) is 1. The van der Waals surface area contributed by atoms with E-state index in [4.69, 9.17) is 14.6 Å². The molecule has 21 heavy (non-hydrogen) atoms. The number of hydrogen-bond acceptors (Lipinski definition) is 5. The standard InChI is InChI=1S/C15H14O6/c16-11-8-10(12(21-11)9-4-2-1-3-5-9)20-14(19)15(6-7-15)13(17)18/h1-5,10,12H,6-8H2,(H,17,18)/t10-,12+/m0/s1. The summed E-state index contributed by atoms with van der Waals surface area (Å²) in [7, 11) is 0. The Balaban J connectivity index is 1.76. The molecule has 0 spiro atoms. The van der Waals surface area contributed by atoms with Gasteiger partial charge in [-0.1, -0.05) is 30.3 Å². The number of ether oxygens (including phenoxy) is 2. The Morgan fingerprint density at radius 1 is 1.24 bits per heavy atom. The molecule has 1 aliphatic heterocycles. The maximum Gasteiger partial charge on any atom is 0.323 e. The lowest BCUT2D eigenvalue weighted by atomic mass is 10.0. The molecule has 1 heterocycles. The van der Waals surface area contributed by atoms with Crippen molar-refractivity contribution in [1.29, 1.82) is 0 Å². The van der Waals surface area contributed by atoms with Crippen LogP contribution in [0.5, 0.6) is 0 Å². The van der Waals surface area contributed by atoms with Crippen molar-refractivity contribution in [2.75, 3.05) is 0 Å². The molecule has 0 bridgehead atoms. The molecule has 1 saturated heterocycles. The number of carbonyl (C=O) groups is 3. The molecule has 0 unspecified atom stereocenters. The lowest BCUT2D eigenvalue weighted by molar-refractivity contribution is -0.167. The summed E-state index contributed by atoms with van der Waals surface area (Å²) >= 11 is 0. The average Bonchev–Trinajstić information content (AvgIpc) is 3.20. The number of hydrogen-bond donors (Lipinski definition) is 1. The van der Waals surface area contributed by atoms with Crippen molar-refractivity contribution < 1.29 is 29.0 Å². The van der Waals surface area contributed by atoms with Crippen LogP contribution in [0.15, 0.2) is 30.3 Å². The summed E-state index contributed by atoms with van der Waals surface area (Å²) in [6.07, 6.45) is -0.949. The van der Waals surface area contributed by atoms with Crippen LogP contribution < -0.4 is 0 Å². The van der Waals surface area contributed by atoms with Gasteiger partial charge in [0, 0.05) is 0 Å². The second-order valence-electron chi connectivity index (χ2n) is 5.36. The minimum Gasteiger partial charge on any atom is -0.480 e. The number of cyclic esters (lactones) is 1. The van der Waals surface area contributed by atoms with Crippen LogP contribution in [0.3, 0.4) is 0 Å². The fourth-order valence-corrected chi connectivity index (χ4v) is 2.45. The first-order valence-electron chi connectivity index (χ1n) is 6.72. The molecule has 3 rings (SSSR count). The highest BCUT2D eigenvalue weighted by molar-refractivity contribution is 6.02. The fourth-order valence-electron chi connectivity index (χ4n) is 2.45. The van der Waals surface area contributed by atoms with E-state index in [9.17, 15) is 14.4 Å². The Morgan fingerprint density at radius 3 is 2.48 bits per heavy atom. The molecule has 1 aromatic rings. The summed E-state index contributed by atoms with van der Waals surface area (Å²) in [6.45, 7) is 0. The molecule has 2 fully saturated rings. The van der Waals surface area contributed by atoms with Crippen LogP contribution >= 0.6 is 0 Å². The van der Waals surface area contributed by atoms with Crippen LogP contribution in [0, 0.1) is 5.41 Å². The van der Waals surface area contributed by atoms with Gasteiger partial charge in [-0.05, 0) is 18.4 Å². The van der Waals surface area contributed by atoms with E-state index in [1.54, 1.807) is 24.3 Å². The predicted molar refractivity (Wildman–Crippen MR) is 69.1 cm³/mol. The second kappa shape index (κ2) is 4.87. The first-order valence-corrected chi connectivity index (χ1v) is 6.72. The third-order valence-corrected chi connectivity index (χ3v) is 3.90. The molecule has 110 valence electrons. The Morgan fingerprint density at radius 2 is 1.90 bits per heavy atom. The monoisotopic (exact) mass is 290 g/mol. The summed E-state index contributed by atoms with van der Waals surface area (Å²) in [5.41, 5.74) is -0.700. The largest absolute Gasteiger partial charge is 0.480 e. The van der Waals surface area contributed by atoms with Gasteiger partial charge in [-0.15, -0.1) is 0 Å². The van der Waals surface area contributed by atoms with Gasteiger partial charge in [0.1, 0.15) is 0 Å². The number of benzene rings is 1. The van der Waals surface area contributed by atoms with Crippen molar-refractivity contribution >= 4 is 17.9 Å².